The molecule has 1 unspecified atom stereocenters. The molecule has 4 heteroatoms. The average Bonchev–Trinajstić information content (AvgIpc) is 2.61. The zero-order valence-electron chi connectivity index (χ0n) is 12.4. The molecule has 0 bridgehead atoms. The van der Waals surface area contributed by atoms with E-state index in [9.17, 15) is 4.79 Å². The molecule has 1 aliphatic rings. The van der Waals surface area contributed by atoms with Crippen molar-refractivity contribution in [1.82, 2.24) is 10.2 Å². The zero-order valence-corrected chi connectivity index (χ0v) is 12.4. The Bertz CT molecular complexity index is 601. The van der Waals surface area contributed by atoms with Gasteiger partial charge in [0.1, 0.15) is 6.61 Å². The maximum absolute atomic E-state index is 12.2. The molecule has 1 N–H and O–H groups in total. The summed E-state index contributed by atoms with van der Waals surface area (Å²) < 4.78 is 5.41. The van der Waals surface area contributed by atoms with Crippen LogP contribution in [0.25, 0.3) is 0 Å². The third-order valence-electron chi connectivity index (χ3n) is 3.84. The second kappa shape index (κ2) is 7.09. The van der Waals surface area contributed by atoms with Gasteiger partial charge in [-0.25, -0.2) is 4.79 Å². The molecule has 0 aliphatic carbocycles. The van der Waals surface area contributed by atoms with E-state index in [1.807, 2.05) is 48.5 Å². The van der Waals surface area contributed by atoms with Crippen molar-refractivity contribution in [2.75, 3.05) is 19.6 Å². The largest absolute Gasteiger partial charge is 0.445 e. The van der Waals surface area contributed by atoms with Gasteiger partial charge in [-0.1, -0.05) is 60.7 Å². The fourth-order valence-corrected chi connectivity index (χ4v) is 2.63. The molecule has 1 saturated heterocycles. The number of carbonyl (C=O) groups excluding carboxylic acids is 1. The molecule has 114 valence electrons. The minimum Gasteiger partial charge on any atom is -0.445 e. The number of nitrogens with one attached hydrogen (secondary N) is 1. The second-order valence-electron chi connectivity index (χ2n) is 5.40. The first-order valence-electron chi connectivity index (χ1n) is 7.57. The van der Waals surface area contributed by atoms with E-state index in [0.717, 1.165) is 12.1 Å². The maximum atomic E-state index is 12.2. The minimum atomic E-state index is -0.244. The number of rotatable bonds is 3. The quantitative estimate of drug-likeness (QED) is 0.947. The van der Waals surface area contributed by atoms with Crippen LogP contribution >= 0.6 is 0 Å². The fourth-order valence-electron chi connectivity index (χ4n) is 2.63. The van der Waals surface area contributed by atoms with Crippen LogP contribution in [0, 0.1) is 0 Å². The maximum Gasteiger partial charge on any atom is 0.410 e. The lowest BCUT2D eigenvalue weighted by Crippen LogP contribution is -2.48. The Labute approximate surface area is 130 Å². The molecule has 4 nitrogen and oxygen atoms in total. The van der Waals surface area contributed by atoms with Crippen molar-refractivity contribution in [1.29, 1.82) is 0 Å². The predicted octanol–water partition coefficient (Wildman–Crippen LogP) is 2.97. The van der Waals surface area contributed by atoms with E-state index in [1.54, 1.807) is 4.90 Å². The van der Waals surface area contributed by atoms with Gasteiger partial charge in [-0.15, -0.1) is 0 Å². The van der Waals surface area contributed by atoms with Crippen LogP contribution in [-0.2, 0) is 11.3 Å². The van der Waals surface area contributed by atoms with Crippen molar-refractivity contribution < 1.29 is 9.53 Å². The topological polar surface area (TPSA) is 41.6 Å². The van der Waals surface area contributed by atoms with E-state index >= 15 is 0 Å². The Morgan fingerprint density at radius 3 is 2.50 bits per heavy atom. The zero-order chi connectivity index (χ0) is 15.2. The van der Waals surface area contributed by atoms with E-state index in [-0.39, 0.29) is 12.1 Å². The van der Waals surface area contributed by atoms with Gasteiger partial charge in [0.2, 0.25) is 0 Å². The molecule has 0 aromatic heterocycles. The summed E-state index contributed by atoms with van der Waals surface area (Å²) in [5, 5.41) is 3.44. The Morgan fingerprint density at radius 1 is 1.09 bits per heavy atom. The van der Waals surface area contributed by atoms with Gasteiger partial charge in [0.15, 0.2) is 0 Å². The summed E-state index contributed by atoms with van der Waals surface area (Å²) in [6.07, 6.45) is -0.244. The number of nitrogens with zero attached hydrogens (tertiary/aromatic N) is 1. The molecule has 2 aromatic carbocycles. The highest BCUT2D eigenvalue weighted by Gasteiger charge is 2.25. The molecule has 22 heavy (non-hydrogen) atoms. The first-order valence-corrected chi connectivity index (χ1v) is 7.57. The molecular formula is C18H20N2O2. The van der Waals surface area contributed by atoms with Gasteiger partial charge in [0.25, 0.3) is 0 Å². The molecule has 0 radical (unpaired) electrons. The van der Waals surface area contributed by atoms with Gasteiger partial charge in [0, 0.05) is 19.6 Å². The van der Waals surface area contributed by atoms with Crippen molar-refractivity contribution in [2.24, 2.45) is 0 Å². The number of benzene rings is 2. The highest BCUT2D eigenvalue weighted by Crippen LogP contribution is 2.17. The summed E-state index contributed by atoms with van der Waals surface area (Å²) in [6, 6.07) is 20.1. The normalized spacial score (nSPS) is 18.0. The Balaban J connectivity index is 1.56. The highest BCUT2D eigenvalue weighted by atomic mass is 16.6. The molecule has 1 fully saturated rings. The Morgan fingerprint density at radius 2 is 1.77 bits per heavy atom. The fraction of sp³-hybridized carbons (Fsp3) is 0.278. The van der Waals surface area contributed by atoms with Gasteiger partial charge < -0.3 is 15.0 Å². The summed E-state index contributed by atoms with van der Waals surface area (Å²) in [5.41, 5.74) is 2.20. The van der Waals surface area contributed by atoms with Crippen LogP contribution in [0.2, 0.25) is 0 Å². The van der Waals surface area contributed by atoms with E-state index < -0.39 is 0 Å². The van der Waals surface area contributed by atoms with Crippen molar-refractivity contribution in [3.63, 3.8) is 0 Å². The second-order valence-corrected chi connectivity index (χ2v) is 5.40. The molecule has 0 spiro atoms. The summed E-state index contributed by atoms with van der Waals surface area (Å²) >= 11 is 0. The Kier molecular flexibility index (Phi) is 4.71. The number of piperazine rings is 1. The third kappa shape index (κ3) is 3.65. The molecule has 1 amide bonds. The van der Waals surface area contributed by atoms with E-state index in [2.05, 4.69) is 17.4 Å². The number of hydrogen-bond donors (Lipinski definition) is 1. The molecule has 1 atom stereocenters. The monoisotopic (exact) mass is 296 g/mol. The number of hydrogen-bond acceptors (Lipinski definition) is 3. The van der Waals surface area contributed by atoms with Crippen LogP contribution in [0.1, 0.15) is 17.2 Å². The Hall–Kier alpha value is -2.33. The number of amides is 1. The van der Waals surface area contributed by atoms with Crippen LogP contribution < -0.4 is 5.32 Å². The minimum absolute atomic E-state index is 0.166. The summed E-state index contributed by atoms with van der Waals surface area (Å²) in [4.78, 5) is 14.0. The lowest BCUT2D eigenvalue weighted by Gasteiger charge is -2.33. The molecule has 1 heterocycles. The molecule has 3 rings (SSSR count). The van der Waals surface area contributed by atoms with Gasteiger partial charge in [-0.05, 0) is 11.1 Å². The van der Waals surface area contributed by atoms with E-state index in [0.29, 0.717) is 19.7 Å². The van der Waals surface area contributed by atoms with Crippen LogP contribution in [0.15, 0.2) is 60.7 Å². The SMILES string of the molecule is O=C(OCc1ccccc1)N1CCNC(c2ccccc2)C1. The summed E-state index contributed by atoms with van der Waals surface area (Å²) in [6.45, 7) is 2.41. The standard InChI is InChI=1S/C18H20N2O2/c21-18(22-14-15-7-3-1-4-8-15)20-12-11-19-17(13-20)16-9-5-2-6-10-16/h1-10,17,19H,11-14H2. The summed E-state index contributed by atoms with van der Waals surface area (Å²) in [7, 11) is 0. The number of carbonyl (C=O) groups is 1. The van der Waals surface area contributed by atoms with Gasteiger partial charge in [0.05, 0.1) is 6.04 Å². The first kappa shape index (κ1) is 14.6. The van der Waals surface area contributed by atoms with Gasteiger partial charge in [-0.2, -0.15) is 0 Å². The van der Waals surface area contributed by atoms with E-state index in [4.69, 9.17) is 4.74 Å². The predicted molar refractivity (Wildman–Crippen MR) is 85.4 cm³/mol. The van der Waals surface area contributed by atoms with Crippen LogP contribution in [0.4, 0.5) is 4.79 Å². The average molecular weight is 296 g/mol. The van der Waals surface area contributed by atoms with Crippen molar-refractivity contribution in [2.45, 2.75) is 12.6 Å². The first-order chi connectivity index (χ1) is 10.8. The van der Waals surface area contributed by atoms with Crippen LogP contribution in [-0.4, -0.2) is 30.6 Å². The molecule has 1 aliphatic heterocycles. The van der Waals surface area contributed by atoms with Crippen molar-refractivity contribution >= 4 is 6.09 Å². The van der Waals surface area contributed by atoms with Crippen LogP contribution in [0.5, 0.6) is 0 Å². The number of ether oxygens (including phenoxy) is 1. The third-order valence-corrected chi connectivity index (χ3v) is 3.84. The lowest BCUT2D eigenvalue weighted by molar-refractivity contribution is 0.0850. The molecule has 0 saturated carbocycles. The van der Waals surface area contributed by atoms with Crippen molar-refractivity contribution in [3.05, 3.63) is 71.8 Å². The lowest BCUT2D eigenvalue weighted by atomic mass is 10.1. The molecule has 2 aromatic rings. The van der Waals surface area contributed by atoms with Gasteiger partial charge in [-0.3, -0.25) is 0 Å². The van der Waals surface area contributed by atoms with E-state index in [1.165, 1.54) is 5.56 Å². The summed E-state index contributed by atoms with van der Waals surface area (Å²) in [5.74, 6) is 0. The van der Waals surface area contributed by atoms with Crippen LogP contribution in [0.3, 0.4) is 0 Å². The van der Waals surface area contributed by atoms with Gasteiger partial charge >= 0.3 is 6.09 Å². The molecular weight excluding hydrogens is 276 g/mol. The highest BCUT2D eigenvalue weighted by molar-refractivity contribution is 5.68. The smallest absolute Gasteiger partial charge is 0.410 e. The van der Waals surface area contributed by atoms with Crippen molar-refractivity contribution in [3.8, 4) is 0 Å².